The number of nitrogens with two attached hydrogens (primary N) is 1. The van der Waals surface area contributed by atoms with Crippen molar-refractivity contribution in [3.63, 3.8) is 0 Å². The quantitative estimate of drug-likeness (QED) is 0.832. The van der Waals surface area contributed by atoms with Crippen LogP contribution in [-0.4, -0.2) is 14.8 Å². The number of benzene rings is 1. The van der Waals surface area contributed by atoms with Crippen molar-refractivity contribution in [1.82, 2.24) is 14.8 Å². The van der Waals surface area contributed by atoms with E-state index in [0.29, 0.717) is 6.54 Å². The third-order valence-electron chi connectivity index (χ3n) is 2.25. The zero-order valence-corrected chi connectivity index (χ0v) is 10.2. The number of hydrogen-bond donors (Lipinski definition) is 2. The van der Waals surface area contributed by atoms with E-state index in [1.54, 1.807) is 6.92 Å². The Hall–Kier alpha value is -1.83. The first kappa shape index (κ1) is 12.6. The Balaban J connectivity index is 2.43. The first-order chi connectivity index (χ1) is 8.52. The highest BCUT2D eigenvalue weighted by Gasteiger charge is 2.16. The van der Waals surface area contributed by atoms with Crippen molar-refractivity contribution in [2.24, 2.45) is 0 Å². The predicted molar refractivity (Wildman–Crippen MR) is 63.4 cm³/mol. The summed E-state index contributed by atoms with van der Waals surface area (Å²) < 4.78 is 28.4. The van der Waals surface area contributed by atoms with Crippen LogP contribution < -0.4 is 11.4 Å². The van der Waals surface area contributed by atoms with Gasteiger partial charge in [-0.2, -0.15) is 0 Å². The number of rotatable bonds is 3. The summed E-state index contributed by atoms with van der Waals surface area (Å²) in [7, 11) is 0. The molecule has 0 bridgehead atoms. The molecule has 0 unspecified atom stereocenters. The number of nitrogen functional groups attached to an aromatic ring is 1. The Labute approximate surface area is 105 Å². The largest absolute Gasteiger partial charge is 0.399 e. The van der Waals surface area contributed by atoms with Crippen LogP contribution in [0.15, 0.2) is 27.0 Å². The second-order valence-electron chi connectivity index (χ2n) is 3.47. The minimum absolute atomic E-state index is 0.00394. The molecule has 0 aliphatic rings. The van der Waals surface area contributed by atoms with E-state index in [-0.39, 0.29) is 15.7 Å². The molecule has 1 heterocycles. The van der Waals surface area contributed by atoms with Gasteiger partial charge in [-0.25, -0.2) is 18.7 Å². The molecule has 1 aromatic carbocycles. The molecule has 0 atom stereocenters. The molecule has 0 amide bonds. The van der Waals surface area contributed by atoms with Crippen molar-refractivity contribution < 1.29 is 8.78 Å². The molecule has 0 aliphatic carbocycles. The third-order valence-corrected chi connectivity index (χ3v) is 3.34. The van der Waals surface area contributed by atoms with Crippen molar-refractivity contribution in [2.45, 2.75) is 23.5 Å². The van der Waals surface area contributed by atoms with Crippen LogP contribution in [0.3, 0.4) is 0 Å². The molecule has 8 heteroatoms. The van der Waals surface area contributed by atoms with Crippen molar-refractivity contribution in [3.05, 3.63) is 34.3 Å². The van der Waals surface area contributed by atoms with Crippen LogP contribution in [-0.2, 0) is 6.54 Å². The zero-order chi connectivity index (χ0) is 13.3. The van der Waals surface area contributed by atoms with Crippen molar-refractivity contribution in [3.8, 4) is 0 Å². The smallest absolute Gasteiger partial charge is 0.343 e. The van der Waals surface area contributed by atoms with Gasteiger partial charge in [-0.15, -0.1) is 5.10 Å². The van der Waals surface area contributed by atoms with Crippen LogP contribution >= 0.6 is 11.8 Å². The molecule has 5 nitrogen and oxygen atoms in total. The molecule has 0 aliphatic heterocycles. The van der Waals surface area contributed by atoms with E-state index in [1.165, 1.54) is 4.57 Å². The Kier molecular flexibility index (Phi) is 3.37. The van der Waals surface area contributed by atoms with Gasteiger partial charge in [0.15, 0.2) is 5.16 Å². The highest BCUT2D eigenvalue weighted by molar-refractivity contribution is 7.99. The fourth-order valence-electron chi connectivity index (χ4n) is 1.43. The fourth-order valence-corrected chi connectivity index (χ4v) is 2.34. The number of nitrogens with one attached hydrogen (secondary N) is 1. The minimum atomic E-state index is -0.782. The van der Waals surface area contributed by atoms with E-state index >= 15 is 0 Å². The summed E-state index contributed by atoms with van der Waals surface area (Å²) in [4.78, 5) is 11.1. The third kappa shape index (κ3) is 2.23. The Morgan fingerprint density at radius 1 is 1.44 bits per heavy atom. The lowest BCUT2D eigenvalue weighted by atomic mass is 10.3. The number of H-pyrrole nitrogens is 1. The van der Waals surface area contributed by atoms with Crippen LogP contribution in [0.25, 0.3) is 0 Å². The van der Waals surface area contributed by atoms with E-state index in [9.17, 15) is 13.6 Å². The van der Waals surface area contributed by atoms with Crippen molar-refractivity contribution >= 4 is 17.4 Å². The van der Waals surface area contributed by atoms with E-state index in [1.807, 2.05) is 0 Å². The Morgan fingerprint density at radius 2 is 2.06 bits per heavy atom. The lowest BCUT2D eigenvalue weighted by Crippen LogP contribution is -2.16. The molecule has 0 saturated heterocycles. The molecule has 3 N–H and O–H groups in total. The van der Waals surface area contributed by atoms with Gasteiger partial charge in [-0.05, 0) is 30.8 Å². The number of aromatic nitrogens is 3. The summed E-state index contributed by atoms with van der Waals surface area (Å²) in [5.41, 5.74) is 4.90. The minimum Gasteiger partial charge on any atom is -0.399 e. The van der Waals surface area contributed by atoms with Gasteiger partial charge in [-0.1, -0.05) is 0 Å². The number of anilines is 1. The number of halogens is 2. The Bertz CT molecular complexity index is 614. The van der Waals surface area contributed by atoms with Crippen molar-refractivity contribution in [2.75, 3.05) is 5.73 Å². The summed E-state index contributed by atoms with van der Waals surface area (Å²) in [6, 6.07) is 2.04. The van der Waals surface area contributed by atoms with E-state index < -0.39 is 17.3 Å². The molecular formula is C10H10F2N4OS. The molecule has 0 fully saturated rings. The molecule has 2 aromatic rings. The second kappa shape index (κ2) is 4.81. The van der Waals surface area contributed by atoms with Gasteiger partial charge in [0.2, 0.25) is 0 Å². The first-order valence-corrected chi connectivity index (χ1v) is 5.92. The van der Waals surface area contributed by atoms with Gasteiger partial charge in [0, 0.05) is 12.2 Å². The topological polar surface area (TPSA) is 76.7 Å². The monoisotopic (exact) mass is 272 g/mol. The highest BCUT2D eigenvalue weighted by Crippen LogP contribution is 2.31. The van der Waals surface area contributed by atoms with Gasteiger partial charge in [0.25, 0.3) is 0 Å². The average molecular weight is 272 g/mol. The second-order valence-corrected chi connectivity index (χ2v) is 4.45. The van der Waals surface area contributed by atoms with Crippen molar-refractivity contribution in [1.29, 1.82) is 0 Å². The fraction of sp³-hybridized carbons (Fsp3) is 0.200. The van der Waals surface area contributed by atoms with Crippen LogP contribution in [0.2, 0.25) is 0 Å². The zero-order valence-electron chi connectivity index (χ0n) is 9.41. The SMILES string of the molecule is CCn1c(Sc2c(F)cc(N)cc2F)n[nH]c1=O. The summed E-state index contributed by atoms with van der Waals surface area (Å²) in [6.45, 7) is 2.09. The highest BCUT2D eigenvalue weighted by atomic mass is 32.2. The van der Waals surface area contributed by atoms with Crippen LogP contribution in [0.1, 0.15) is 6.92 Å². The molecular weight excluding hydrogens is 262 g/mol. The summed E-state index contributed by atoms with van der Waals surface area (Å²) in [5, 5.41) is 6.14. The number of aromatic amines is 1. The maximum absolute atomic E-state index is 13.6. The Morgan fingerprint density at radius 3 is 2.61 bits per heavy atom. The van der Waals surface area contributed by atoms with Crippen LogP contribution in [0, 0.1) is 11.6 Å². The van der Waals surface area contributed by atoms with Crippen LogP contribution in [0.5, 0.6) is 0 Å². The van der Waals surface area contributed by atoms with Gasteiger partial charge >= 0.3 is 5.69 Å². The molecule has 96 valence electrons. The maximum atomic E-state index is 13.6. The molecule has 1 aromatic heterocycles. The molecule has 2 rings (SSSR count). The average Bonchev–Trinajstić information content (AvgIpc) is 2.64. The van der Waals surface area contributed by atoms with Crippen LogP contribution in [0.4, 0.5) is 14.5 Å². The first-order valence-electron chi connectivity index (χ1n) is 5.10. The lowest BCUT2D eigenvalue weighted by Gasteiger charge is -2.05. The van der Waals surface area contributed by atoms with Gasteiger partial charge in [-0.3, -0.25) is 4.57 Å². The van der Waals surface area contributed by atoms with Gasteiger partial charge < -0.3 is 5.73 Å². The summed E-state index contributed by atoms with van der Waals surface area (Å²) >= 11 is 0.737. The lowest BCUT2D eigenvalue weighted by molar-refractivity contribution is 0.540. The molecule has 18 heavy (non-hydrogen) atoms. The molecule has 0 spiro atoms. The van der Waals surface area contributed by atoms with E-state index in [0.717, 1.165) is 23.9 Å². The summed E-state index contributed by atoms with van der Waals surface area (Å²) in [5.74, 6) is -1.56. The van der Waals surface area contributed by atoms with Gasteiger partial charge in [0.05, 0.1) is 4.90 Å². The van der Waals surface area contributed by atoms with E-state index in [4.69, 9.17) is 5.73 Å². The molecule has 0 saturated carbocycles. The normalized spacial score (nSPS) is 10.8. The summed E-state index contributed by atoms with van der Waals surface area (Å²) in [6.07, 6.45) is 0. The number of hydrogen-bond acceptors (Lipinski definition) is 4. The number of nitrogens with zero attached hydrogens (tertiary/aromatic N) is 2. The van der Waals surface area contributed by atoms with E-state index in [2.05, 4.69) is 10.2 Å². The standard InChI is InChI=1S/C10H10F2N4OS/c1-2-16-9(17)14-15-10(16)18-8-6(11)3-5(13)4-7(8)12/h3-4H,2,13H2,1H3,(H,14,17). The predicted octanol–water partition coefficient (Wildman–Crippen LogP) is 1.60. The maximum Gasteiger partial charge on any atom is 0.343 e. The molecule has 0 radical (unpaired) electrons. The van der Waals surface area contributed by atoms with Gasteiger partial charge in [0.1, 0.15) is 11.6 Å².